The number of amides is 2. The number of aromatic nitrogens is 1. The van der Waals surface area contributed by atoms with Crippen LogP contribution < -0.4 is 10.6 Å². The Balaban J connectivity index is 1.78. The second-order valence-corrected chi connectivity index (χ2v) is 6.31. The van der Waals surface area contributed by atoms with Crippen LogP contribution in [0, 0.1) is 12.7 Å². The van der Waals surface area contributed by atoms with E-state index in [1.807, 2.05) is 32.0 Å². The van der Waals surface area contributed by atoms with E-state index in [9.17, 15) is 14.0 Å². The minimum Gasteiger partial charge on any atom is -0.322 e. The molecule has 0 aliphatic carbocycles. The largest absolute Gasteiger partial charge is 0.322 e. The fraction of sp³-hybridized carbons (Fsp3) is 0.136. The predicted octanol–water partition coefficient (Wildman–Crippen LogP) is 4.60. The number of hydrogen-bond acceptors (Lipinski definition) is 3. The zero-order valence-electron chi connectivity index (χ0n) is 15.6. The van der Waals surface area contributed by atoms with Crippen LogP contribution in [0.1, 0.15) is 38.9 Å². The second kappa shape index (κ2) is 8.43. The molecule has 2 N–H and O–H groups in total. The Morgan fingerprint density at radius 1 is 1.00 bits per heavy atom. The molecule has 0 saturated carbocycles. The van der Waals surface area contributed by atoms with Crippen molar-refractivity contribution in [2.24, 2.45) is 0 Å². The Hall–Kier alpha value is -3.54. The van der Waals surface area contributed by atoms with E-state index >= 15 is 0 Å². The van der Waals surface area contributed by atoms with Gasteiger partial charge in [-0.15, -0.1) is 0 Å². The summed E-state index contributed by atoms with van der Waals surface area (Å²) in [6, 6.07) is 14.2. The third kappa shape index (κ3) is 4.40. The maximum atomic E-state index is 13.0. The van der Waals surface area contributed by atoms with Crippen molar-refractivity contribution in [3.05, 3.63) is 89.0 Å². The van der Waals surface area contributed by atoms with E-state index in [-0.39, 0.29) is 23.0 Å². The number of nitrogens with one attached hydrogen (secondary N) is 2. The Labute approximate surface area is 162 Å². The molecule has 1 heterocycles. The fourth-order valence-electron chi connectivity index (χ4n) is 2.81. The minimum atomic E-state index is -0.409. The van der Waals surface area contributed by atoms with Crippen molar-refractivity contribution in [1.82, 2.24) is 4.98 Å². The standard InChI is InChI=1S/C22H20FN3O2/c1-3-15-6-4-5-14(2)20(15)26-22(28)19-13-16(11-12-24-19)21(27)25-18-9-7-17(23)8-10-18/h4-13H,3H2,1-2H3,(H,25,27)(H,26,28). The molecule has 28 heavy (non-hydrogen) atoms. The first-order valence-corrected chi connectivity index (χ1v) is 8.90. The zero-order valence-corrected chi connectivity index (χ0v) is 15.6. The quantitative estimate of drug-likeness (QED) is 0.683. The molecule has 2 aromatic carbocycles. The molecule has 6 heteroatoms. The second-order valence-electron chi connectivity index (χ2n) is 6.31. The van der Waals surface area contributed by atoms with Gasteiger partial charge in [-0.1, -0.05) is 25.1 Å². The molecule has 0 spiro atoms. The van der Waals surface area contributed by atoms with Gasteiger partial charge in [0.25, 0.3) is 11.8 Å². The fourth-order valence-corrected chi connectivity index (χ4v) is 2.81. The van der Waals surface area contributed by atoms with Crippen LogP contribution in [0.25, 0.3) is 0 Å². The van der Waals surface area contributed by atoms with Gasteiger partial charge in [0.1, 0.15) is 11.5 Å². The number of carbonyl (C=O) groups is 2. The molecule has 1 aromatic heterocycles. The summed E-state index contributed by atoms with van der Waals surface area (Å²) >= 11 is 0. The molecule has 2 amide bonds. The number of benzene rings is 2. The van der Waals surface area contributed by atoms with E-state index in [1.165, 1.54) is 42.6 Å². The van der Waals surface area contributed by atoms with Crippen molar-refractivity contribution in [2.75, 3.05) is 10.6 Å². The van der Waals surface area contributed by atoms with E-state index < -0.39 is 5.91 Å². The van der Waals surface area contributed by atoms with Crippen molar-refractivity contribution < 1.29 is 14.0 Å². The lowest BCUT2D eigenvalue weighted by Gasteiger charge is -2.13. The lowest BCUT2D eigenvalue weighted by atomic mass is 10.1. The first-order valence-electron chi connectivity index (χ1n) is 8.90. The molecular weight excluding hydrogens is 357 g/mol. The maximum Gasteiger partial charge on any atom is 0.274 e. The van der Waals surface area contributed by atoms with Crippen molar-refractivity contribution >= 4 is 23.2 Å². The molecule has 0 fully saturated rings. The maximum absolute atomic E-state index is 13.0. The summed E-state index contributed by atoms with van der Waals surface area (Å²) in [5.74, 6) is -1.18. The zero-order chi connectivity index (χ0) is 20.1. The van der Waals surface area contributed by atoms with E-state index in [1.54, 1.807) is 0 Å². The highest BCUT2D eigenvalue weighted by atomic mass is 19.1. The van der Waals surface area contributed by atoms with Gasteiger partial charge < -0.3 is 10.6 Å². The Morgan fingerprint density at radius 2 is 1.75 bits per heavy atom. The van der Waals surface area contributed by atoms with Crippen molar-refractivity contribution in [3.8, 4) is 0 Å². The summed E-state index contributed by atoms with van der Waals surface area (Å²) in [7, 11) is 0. The summed E-state index contributed by atoms with van der Waals surface area (Å²) in [4.78, 5) is 29.2. The first kappa shape index (κ1) is 19.2. The monoisotopic (exact) mass is 377 g/mol. The van der Waals surface area contributed by atoms with Crippen LogP contribution in [0.15, 0.2) is 60.8 Å². The number of hydrogen-bond donors (Lipinski definition) is 2. The summed E-state index contributed by atoms with van der Waals surface area (Å²) in [6.45, 7) is 3.94. The Morgan fingerprint density at radius 3 is 2.46 bits per heavy atom. The number of halogens is 1. The lowest BCUT2D eigenvalue weighted by molar-refractivity contribution is 0.102. The van der Waals surface area contributed by atoms with Gasteiger partial charge in [-0.25, -0.2) is 4.39 Å². The predicted molar refractivity (Wildman–Crippen MR) is 107 cm³/mol. The van der Waals surface area contributed by atoms with Crippen LogP contribution in [0.5, 0.6) is 0 Å². The van der Waals surface area contributed by atoms with Crippen molar-refractivity contribution in [3.63, 3.8) is 0 Å². The van der Waals surface area contributed by atoms with Gasteiger partial charge in [0.2, 0.25) is 0 Å². The number of anilines is 2. The molecule has 3 rings (SSSR count). The summed E-state index contributed by atoms with van der Waals surface area (Å²) in [5.41, 5.74) is 3.62. The smallest absolute Gasteiger partial charge is 0.274 e. The van der Waals surface area contributed by atoms with Crippen LogP contribution in [0.3, 0.4) is 0 Å². The molecule has 0 saturated heterocycles. The molecule has 0 radical (unpaired) electrons. The van der Waals surface area contributed by atoms with Gasteiger partial charge in [0, 0.05) is 23.1 Å². The summed E-state index contributed by atoms with van der Waals surface area (Å²) in [5, 5.41) is 5.56. The van der Waals surface area contributed by atoms with Gasteiger partial charge in [-0.2, -0.15) is 0 Å². The molecule has 0 atom stereocenters. The third-order valence-corrected chi connectivity index (χ3v) is 4.34. The number of aryl methyl sites for hydroxylation is 2. The molecule has 0 aliphatic rings. The number of rotatable bonds is 5. The molecule has 0 bridgehead atoms. The van der Waals surface area contributed by atoms with Crippen LogP contribution in [-0.2, 0) is 6.42 Å². The van der Waals surface area contributed by atoms with E-state index in [2.05, 4.69) is 15.6 Å². The summed E-state index contributed by atoms with van der Waals surface area (Å²) in [6.07, 6.45) is 2.19. The van der Waals surface area contributed by atoms with E-state index in [0.717, 1.165) is 23.2 Å². The van der Waals surface area contributed by atoms with Crippen LogP contribution in [0.4, 0.5) is 15.8 Å². The minimum absolute atomic E-state index is 0.136. The number of pyridine rings is 1. The SMILES string of the molecule is CCc1cccc(C)c1NC(=O)c1cc(C(=O)Nc2ccc(F)cc2)ccn1. The molecule has 5 nitrogen and oxygen atoms in total. The molecule has 3 aromatic rings. The number of para-hydroxylation sites is 1. The van der Waals surface area contributed by atoms with E-state index in [4.69, 9.17) is 0 Å². The average molecular weight is 377 g/mol. The van der Waals surface area contributed by atoms with Gasteiger partial charge in [-0.3, -0.25) is 14.6 Å². The highest BCUT2D eigenvalue weighted by molar-refractivity contribution is 6.08. The highest BCUT2D eigenvalue weighted by Gasteiger charge is 2.14. The summed E-state index contributed by atoms with van der Waals surface area (Å²) < 4.78 is 13.0. The van der Waals surface area contributed by atoms with E-state index in [0.29, 0.717) is 5.69 Å². The van der Waals surface area contributed by atoms with Gasteiger partial charge in [0.05, 0.1) is 0 Å². The molecule has 142 valence electrons. The van der Waals surface area contributed by atoms with Gasteiger partial charge in [-0.05, 0) is 60.9 Å². The topological polar surface area (TPSA) is 71.1 Å². The number of nitrogens with zero attached hydrogens (tertiary/aromatic N) is 1. The molecule has 0 unspecified atom stereocenters. The highest BCUT2D eigenvalue weighted by Crippen LogP contribution is 2.22. The van der Waals surface area contributed by atoms with Crippen LogP contribution in [-0.4, -0.2) is 16.8 Å². The normalized spacial score (nSPS) is 10.4. The Bertz CT molecular complexity index is 1020. The number of carbonyl (C=O) groups excluding carboxylic acids is 2. The Kier molecular flexibility index (Phi) is 5.79. The molecule has 0 aliphatic heterocycles. The molecular formula is C22H20FN3O2. The first-order chi connectivity index (χ1) is 13.5. The van der Waals surface area contributed by atoms with Gasteiger partial charge in [0.15, 0.2) is 0 Å². The van der Waals surface area contributed by atoms with Crippen molar-refractivity contribution in [2.45, 2.75) is 20.3 Å². The van der Waals surface area contributed by atoms with Gasteiger partial charge >= 0.3 is 0 Å². The average Bonchev–Trinajstić information content (AvgIpc) is 2.71. The van der Waals surface area contributed by atoms with Crippen LogP contribution >= 0.6 is 0 Å². The third-order valence-electron chi connectivity index (χ3n) is 4.34. The lowest BCUT2D eigenvalue weighted by Crippen LogP contribution is -2.18. The van der Waals surface area contributed by atoms with Crippen molar-refractivity contribution in [1.29, 1.82) is 0 Å². The van der Waals surface area contributed by atoms with Crippen LogP contribution in [0.2, 0.25) is 0 Å².